The number of hydrogen-bond acceptors (Lipinski definition) is 4. The molecule has 0 atom stereocenters. The van der Waals surface area contributed by atoms with Crippen LogP contribution >= 0.6 is 0 Å². The summed E-state index contributed by atoms with van der Waals surface area (Å²) in [6, 6.07) is 7.66. The number of ether oxygens (including phenoxy) is 1. The van der Waals surface area contributed by atoms with Crippen LogP contribution in [0.15, 0.2) is 24.3 Å². The lowest BCUT2D eigenvalue weighted by Gasteiger charge is -2.19. The van der Waals surface area contributed by atoms with Gasteiger partial charge in [0.25, 0.3) is 0 Å². The van der Waals surface area contributed by atoms with E-state index in [1.54, 1.807) is 0 Å². The van der Waals surface area contributed by atoms with Crippen molar-refractivity contribution in [2.24, 2.45) is 0 Å². The molecule has 17 heavy (non-hydrogen) atoms. The zero-order valence-corrected chi connectivity index (χ0v) is 10.4. The highest BCUT2D eigenvalue weighted by molar-refractivity contribution is 5.73. The predicted molar refractivity (Wildman–Crippen MR) is 64.7 cm³/mol. The summed E-state index contributed by atoms with van der Waals surface area (Å²) < 4.78 is 5.55. The lowest BCUT2D eigenvalue weighted by atomic mass is 10.2. The number of para-hydroxylation sites is 1. The summed E-state index contributed by atoms with van der Waals surface area (Å²) in [4.78, 5) is 6.90. The minimum atomic E-state index is -0.145. The van der Waals surface area contributed by atoms with E-state index in [-0.39, 0.29) is 5.60 Å². The van der Waals surface area contributed by atoms with Gasteiger partial charge in [0.05, 0.1) is 12.2 Å². The molecule has 2 rings (SSSR count). The first-order valence-corrected chi connectivity index (χ1v) is 5.64. The molecule has 0 aliphatic heterocycles. The normalized spacial score (nSPS) is 11.9. The smallest absolute Gasteiger partial charge is 0.140 e. The molecule has 0 aliphatic rings. The van der Waals surface area contributed by atoms with Crippen LogP contribution in [0.25, 0.3) is 11.0 Å². The van der Waals surface area contributed by atoms with E-state index >= 15 is 0 Å². The average Bonchev–Trinajstić information content (AvgIpc) is 2.67. The molecule has 1 aromatic heterocycles. The number of benzene rings is 1. The van der Waals surface area contributed by atoms with Crippen LogP contribution in [-0.2, 0) is 4.74 Å². The second kappa shape index (κ2) is 4.71. The van der Waals surface area contributed by atoms with Gasteiger partial charge < -0.3 is 9.57 Å². The third kappa shape index (κ3) is 3.17. The lowest BCUT2D eigenvalue weighted by Crippen LogP contribution is -2.25. The van der Waals surface area contributed by atoms with E-state index in [0.29, 0.717) is 13.2 Å². The average molecular weight is 235 g/mol. The van der Waals surface area contributed by atoms with Crippen molar-refractivity contribution in [1.82, 2.24) is 15.2 Å². The van der Waals surface area contributed by atoms with Crippen molar-refractivity contribution < 1.29 is 9.57 Å². The number of nitrogens with zero attached hydrogens (tertiary/aromatic N) is 3. The molecule has 0 amide bonds. The topological polar surface area (TPSA) is 49.2 Å². The summed E-state index contributed by atoms with van der Waals surface area (Å²) in [7, 11) is 0. The van der Waals surface area contributed by atoms with Crippen molar-refractivity contribution in [1.29, 1.82) is 0 Å². The second-order valence-corrected chi connectivity index (χ2v) is 4.75. The Morgan fingerprint density at radius 2 is 1.94 bits per heavy atom. The minimum Gasteiger partial charge on any atom is -0.393 e. The van der Waals surface area contributed by atoms with Gasteiger partial charge in [-0.05, 0) is 38.1 Å². The van der Waals surface area contributed by atoms with Crippen molar-refractivity contribution in [3.63, 3.8) is 0 Å². The van der Waals surface area contributed by atoms with E-state index in [9.17, 15) is 0 Å². The summed E-state index contributed by atoms with van der Waals surface area (Å²) >= 11 is 0. The first-order chi connectivity index (χ1) is 8.06. The molecule has 0 spiro atoms. The van der Waals surface area contributed by atoms with Gasteiger partial charge in [0.1, 0.15) is 17.6 Å². The quantitative estimate of drug-likeness (QED) is 0.756. The van der Waals surface area contributed by atoms with Crippen LogP contribution in [0.2, 0.25) is 0 Å². The third-order valence-corrected chi connectivity index (χ3v) is 2.15. The van der Waals surface area contributed by atoms with E-state index < -0.39 is 0 Å². The fourth-order valence-electron chi connectivity index (χ4n) is 1.41. The molecule has 5 heteroatoms. The van der Waals surface area contributed by atoms with Gasteiger partial charge in [-0.3, -0.25) is 0 Å². The highest BCUT2D eigenvalue weighted by Crippen LogP contribution is 2.08. The van der Waals surface area contributed by atoms with Crippen LogP contribution in [0.1, 0.15) is 20.8 Å². The first kappa shape index (κ1) is 11.9. The zero-order valence-electron chi connectivity index (χ0n) is 10.4. The van der Waals surface area contributed by atoms with Gasteiger partial charge in [-0.2, -0.15) is 0 Å². The van der Waals surface area contributed by atoms with Crippen LogP contribution in [-0.4, -0.2) is 34.0 Å². The third-order valence-electron chi connectivity index (χ3n) is 2.15. The van der Waals surface area contributed by atoms with E-state index in [1.807, 2.05) is 45.0 Å². The highest BCUT2D eigenvalue weighted by atomic mass is 16.7. The van der Waals surface area contributed by atoms with Crippen molar-refractivity contribution in [3.05, 3.63) is 24.3 Å². The Labute approximate surface area is 100 Å². The Balaban J connectivity index is 1.91. The molecule has 0 N–H and O–H groups in total. The van der Waals surface area contributed by atoms with Gasteiger partial charge in [0, 0.05) is 0 Å². The summed E-state index contributed by atoms with van der Waals surface area (Å²) in [5.41, 5.74) is 1.54. The molecular weight excluding hydrogens is 218 g/mol. The number of rotatable bonds is 4. The molecule has 0 saturated carbocycles. The van der Waals surface area contributed by atoms with E-state index in [2.05, 4.69) is 10.3 Å². The summed E-state index contributed by atoms with van der Waals surface area (Å²) in [6.07, 6.45) is 0. The molecular formula is C12H17N3O2. The SMILES string of the molecule is CC(C)(C)OCCOn1nnc2ccccc21. The Kier molecular flexibility index (Phi) is 3.28. The predicted octanol–water partition coefficient (Wildman–Crippen LogP) is 1.67. The number of aromatic nitrogens is 3. The van der Waals surface area contributed by atoms with Gasteiger partial charge in [0.15, 0.2) is 0 Å². The maximum absolute atomic E-state index is 5.55. The lowest BCUT2D eigenvalue weighted by molar-refractivity contribution is -0.0412. The number of hydrogen-bond donors (Lipinski definition) is 0. The first-order valence-electron chi connectivity index (χ1n) is 5.64. The highest BCUT2D eigenvalue weighted by Gasteiger charge is 2.10. The molecule has 1 aromatic carbocycles. The fraction of sp³-hybridized carbons (Fsp3) is 0.500. The van der Waals surface area contributed by atoms with Gasteiger partial charge in [-0.15, -0.1) is 5.10 Å². The Morgan fingerprint density at radius 1 is 1.18 bits per heavy atom. The van der Waals surface area contributed by atoms with Crippen LogP contribution < -0.4 is 4.84 Å². The summed E-state index contributed by atoms with van der Waals surface area (Å²) in [5, 5.41) is 7.91. The van der Waals surface area contributed by atoms with Crippen LogP contribution in [0.3, 0.4) is 0 Å². The van der Waals surface area contributed by atoms with Gasteiger partial charge in [-0.1, -0.05) is 17.0 Å². The summed E-state index contributed by atoms with van der Waals surface area (Å²) in [6.45, 7) is 7.01. The van der Waals surface area contributed by atoms with Crippen molar-refractivity contribution >= 4 is 11.0 Å². The van der Waals surface area contributed by atoms with Crippen molar-refractivity contribution in [2.75, 3.05) is 13.2 Å². The molecule has 0 saturated heterocycles. The Hall–Kier alpha value is -1.62. The molecule has 0 fully saturated rings. The fourth-order valence-corrected chi connectivity index (χ4v) is 1.41. The van der Waals surface area contributed by atoms with E-state index in [1.165, 1.54) is 4.85 Å². The molecule has 0 unspecified atom stereocenters. The Morgan fingerprint density at radius 3 is 2.71 bits per heavy atom. The van der Waals surface area contributed by atoms with Gasteiger partial charge >= 0.3 is 0 Å². The maximum atomic E-state index is 5.55. The molecule has 0 radical (unpaired) electrons. The largest absolute Gasteiger partial charge is 0.393 e. The summed E-state index contributed by atoms with van der Waals surface area (Å²) in [5.74, 6) is 0. The zero-order chi connectivity index (χ0) is 12.3. The van der Waals surface area contributed by atoms with Crippen LogP contribution in [0, 0.1) is 0 Å². The molecule has 1 heterocycles. The standard InChI is InChI=1S/C12H17N3O2/c1-12(2,3)16-8-9-17-15-11-7-5-4-6-10(11)13-14-15/h4-7H,8-9H2,1-3H3. The van der Waals surface area contributed by atoms with Crippen molar-refractivity contribution in [3.8, 4) is 0 Å². The van der Waals surface area contributed by atoms with Gasteiger partial charge in [0.2, 0.25) is 0 Å². The van der Waals surface area contributed by atoms with Crippen molar-refractivity contribution in [2.45, 2.75) is 26.4 Å². The Bertz CT molecular complexity index is 488. The minimum absolute atomic E-state index is 0.145. The van der Waals surface area contributed by atoms with Gasteiger partial charge in [-0.25, -0.2) is 0 Å². The second-order valence-electron chi connectivity index (χ2n) is 4.75. The molecule has 0 aliphatic carbocycles. The molecule has 2 aromatic rings. The molecule has 0 bridgehead atoms. The van der Waals surface area contributed by atoms with Crippen LogP contribution in [0.4, 0.5) is 0 Å². The maximum Gasteiger partial charge on any atom is 0.140 e. The molecule has 92 valence electrons. The van der Waals surface area contributed by atoms with E-state index in [0.717, 1.165) is 11.0 Å². The van der Waals surface area contributed by atoms with Crippen LogP contribution in [0.5, 0.6) is 0 Å². The number of fused-ring (bicyclic) bond motifs is 1. The molecule has 5 nitrogen and oxygen atoms in total. The monoisotopic (exact) mass is 235 g/mol. The van der Waals surface area contributed by atoms with E-state index in [4.69, 9.17) is 9.57 Å².